The van der Waals surface area contributed by atoms with Gasteiger partial charge in [-0.15, -0.1) is 0 Å². The molecule has 70 valence electrons. The number of carbonyl (C=O) groups is 1. The summed E-state index contributed by atoms with van der Waals surface area (Å²) in [4.78, 5) is 10.3. The molecule has 0 unspecified atom stereocenters. The number of hydrogen-bond acceptors (Lipinski definition) is 4. The standard InChI is InChI=1S/C6H12O4.Ag/c1-2-6(3-7,4-8)5(9)10;/h7-8H,2-4H2,1H3,(H,9,10);/q;+1/p-1. The summed E-state index contributed by atoms with van der Waals surface area (Å²) in [6.45, 7) is 0.410. The Morgan fingerprint density at radius 3 is 1.82 bits per heavy atom. The summed E-state index contributed by atoms with van der Waals surface area (Å²) in [5, 5.41) is 27.4. The van der Waals surface area contributed by atoms with Crippen molar-refractivity contribution in [2.75, 3.05) is 13.2 Å². The van der Waals surface area contributed by atoms with Gasteiger partial charge in [-0.05, 0) is 6.42 Å². The zero-order valence-corrected chi connectivity index (χ0v) is 7.62. The van der Waals surface area contributed by atoms with E-state index in [2.05, 4.69) is 0 Å². The number of aliphatic hydroxyl groups is 2. The van der Waals surface area contributed by atoms with E-state index in [1.165, 1.54) is 0 Å². The third-order valence-electron chi connectivity index (χ3n) is 1.72. The topological polar surface area (TPSA) is 80.6 Å². The summed E-state index contributed by atoms with van der Waals surface area (Å²) >= 11 is 0. The number of carbonyl (C=O) groups excluding carboxylic acids is 1. The first-order valence-corrected chi connectivity index (χ1v) is 3.06. The minimum atomic E-state index is -1.46. The summed E-state index contributed by atoms with van der Waals surface area (Å²) in [7, 11) is 0. The van der Waals surface area contributed by atoms with Gasteiger partial charge in [0, 0.05) is 0 Å². The molecule has 0 aromatic carbocycles. The molecule has 0 spiro atoms. The molecule has 0 heterocycles. The van der Waals surface area contributed by atoms with Crippen molar-refractivity contribution >= 4 is 5.97 Å². The smallest absolute Gasteiger partial charge is 0.549 e. The van der Waals surface area contributed by atoms with Gasteiger partial charge in [-0.1, -0.05) is 6.92 Å². The number of aliphatic carboxylic acids is 1. The van der Waals surface area contributed by atoms with E-state index in [1.54, 1.807) is 6.92 Å². The molecular weight excluding hydrogens is 244 g/mol. The van der Waals surface area contributed by atoms with E-state index in [-0.39, 0.29) is 28.8 Å². The van der Waals surface area contributed by atoms with Crippen molar-refractivity contribution in [1.29, 1.82) is 0 Å². The Balaban J connectivity index is 0. The molecule has 0 aliphatic rings. The average molecular weight is 255 g/mol. The first kappa shape index (κ1) is 13.7. The molecule has 0 amide bonds. The molecule has 0 aliphatic heterocycles. The van der Waals surface area contributed by atoms with Gasteiger partial charge < -0.3 is 20.1 Å². The molecule has 0 atom stereocenters. The van der Waals surface area contributed by atoms with E-state index in [0.29, 0.717) is 0 Å². The van der Waals surface area contributed by atoms with E-state index >= 15 is 0 Å². The summed E-state index contributed by atoms with van der Waals surface area (Å²) in [5.74, 6) is -1.40. The van der Waals surface area contributed by atoms with Crippen LogP contribution in [0.1, 0.15) is 13.3 Å². The number of carboxylic acid groups (broad SMARTS) is 1. The fraction of sp³-hybridized carbons (Fsp3) is 0.833. The van der Waals surface area contributed by atoms with Crippen LogP contribution in [-0.2, 0) is 27.2 Å². The number of hydrogen-bond donors (Lipinski definition) is 2. The SMILES string of the molecule is CCC(CO)(CO)C(=O)[O-].[Ag+]. The second kappa shape index (κ2) is 5.74. The van der Waals surface area contributed by atoms with E-state index < -0.39 is 24.6 Å². The summed E-state index contributed by atoms with van der Waals surface area (Å²) < 4.78 is 0. The number of rotatable bonds is 4. The summed E-state index contributed by atoms with van der Waals surface area (Å²) in [5.41, 5.74) is -1.46. The summed E-state index contributed by atoms with van der Waals surface area (Å²) in [6.07, 6.45) is 0.169. The quantitative estimate of drug-likeness (QED) is 0.576. The maximum atomic E-state index is 10.3. The molecule has 0 aromatic rings. The third-order valence-corrected chi connectivity index (χ3v) is 1.72. The van der Waals surface area contributed by atoms with Crippen LogP contribution >= 0.6 is 0 Å². The van der Waals surface area contributed by atoms with Crippen LogP contribution in [-0.4, -0.2) is 29.4 Å². The van der Waals surface area contributed by atoms with Gasteiger partial charge in [0.25, 0.3) is 0 Å². The van der Waals surface area contributed by atoms with E-state index in [4.69, 9.17) is 10.2 Å². The Morgan fingerprint density at radius 2 is 1.82 bits per heavy atom. The van der Waals surface area contributed by atoms with Gasteiger partial charge >= 0.3 is 22.4 Å². The second-order valence-corrected chi connectivity index (χ2v) is 2.24. The van der Waals surface area contributed by atoms with Crippen LogP contribution in [0.25, 0.3) is 0 Å². The fourth-order valence-electron chi connectivity index (χ4n) is 0.547. The zero-order chi connectivity index (χ0) is 8.20. The molecule has 0 radical (unpaired) electrons. The molecule has 0 aromatic heterocycles. The Morgan fingerprint density at radius 1 is 1.45 bits per heavy atom. The Hall–Kier alpha value is 0.130. The van der Waals surface area contributed by atoms with Crippen LogP contribution in [0.3, 0.4) is 0 Å². The largest absolute Gasteiger partial charge is 1.00 e. The average Bonchev–Trinajstić information content (AvgIpc) is 1.92. The normalized spacial score (nSPS) is 10.5. The van der Waals surface area contributed by atoms with Crippen LogP contribution in [0.15, 0.2) is 0 Å². The molecule has 0 rings (SSSR count). The third kappa shape index (κ3) is 2.93. The van der Waals surface area contributed by atoms with Crippen molar-refractivity contribution in [3.63, 3.8) is 0 Å². The van der Waals surface area contributed by atoms with Crippen LogP contribution in [0.2, 0.25) is 0 Å². The van der Waals surface area contributed by atoms with Gasteiger partial charge in [-0.25, -0.2) is 0 Å². The van der Waals surface area contributed by atoms with Gasteiger partial charge in [0.1, 0.15) is 0 Å². The van der Waals surface area contributed by atoms with E-state index in [9.17, 15) is 9.90 Å². The molecule has 0 bridgehead atoms. The van der Waals surface area contributed by atoms with E-state index in [1.807, 2.05) is 0 Å². The van der Waals surface area contributed by atoms with Gasteiger partial charge in [0.15, 0.2) is 0 Å². The van der Waals surface area contributed by atoms with Crippen molar-refractivity contribution in [1.82, 2.24) is 0 Å². The van der Waals surface area contributed by atoms with Gasteiger partial charge in [-0.2, -0.15) is 0 Å². The minimum Gasteiger partial charge on any atom is -0.549 e. The molecule has 4 nitrogen and oxygen atoms in total. The van der Waals surface area contributed by atoms with Crippen LogP contribution < -0.4 is 5.11 Å². The predicted octanol–water partition coefficient (Wildman–Crippen LogP) is -1.89. The molecule has 0 saturated carbocycles. The van der Waals surface area contributed by atoms with Crippen molar-refractivity contribution in [2.24, 2.45) is 5.41 Å². The molecule has 2 N–H and O–H groups in total. The molecular formula is C6H11AgO4. The van der Waals surface area contributed by atoms with E-state index in [0.717, 1.165) is 0 Å². The predicted molar refractivity (Wildman–Crippen MR) is 31.9 cm³/mol. The minimum absolute atomic E-state index is 0. The molecule has 0 saturated heterocycles. The van der Waals surface area contributed by atoms with Crippen molar-refractivity contribution in [3.05, 3.63) is 0 Å². The first-order chi connectivity index (χ1) is 4.63. The summed E-state index contributed by atoms with van der Waals surface area (Å²) in [6, 6.07) is 0. The second-order valence-electron chi connectivity index (χ2n) is 2.24. The van der Waals surface area contributed by atoms with Gasteiger partial charge in [-0.3, -0.25) is 0 Å². The molecule has 5 heteroatoms. The van der Waals surface area contributed by atoms with Crippen LogP contribution in [0.5, 0.6) is 0 Å². The van der Waals surface area contributed by atoms with Crippen molar-refractivity contribution in [3.8, 4) is 0 Å². The van der Waals surface area contributed by atoms with Crippen molar-refractivity contribution < 1.29 is 42.5 Å². The number of aliphatic hydroxyl groups excluding tert-OH is 2. The molecule has 0 fully saturated rings. The molecule has 0 aliphatic carbocycles. The fourth-order valence-corrected chi connectivity index (χ4v) is 0.547. The Labute approximate surface area is 80.7 Å². The zero-order valence-electron chi connectivity index (χ0n) is 6.13. The van der Waals surface area contributed by atoms with Gasteiger partial charge in [0.05, 0.1) is 24.6 Å². The Kier molecular flexibility index (Phi) is 7.15. The van der Waals surface area contributed by atoms with Crippen molar-refractivity contribution in [2.45, 2.75) is 13.3 Å². The van der Waals surface area contributed by atoms with Gasteiger partial charge in [0.2, 0.25) is 0 Å². The maximum Gasteiger partial charge on any atom is 1.00 e. The first-order valence-electron chi connectivity index (χ1n) is 3.06. The maximum absolute atomic E-state index is 10.3. The van der Waals surface area contributed by atoms with Crippen LogP contribution in [0, 0.1) is 5.41 Å². The monoisotopic (exact) mass is 254 g/mol. The number of carboxylic acids is 1. The van der Waals surface area contributed by atoms with Crippen LogP contribution in [0.4, 0.5) is 0 Å². The Bertz CT molecular complexity index is 113. The molecule has 11 heavy (non-hydrogen) atoms.